The number of rotatable bonds is 7. The summed E-state index contributed by atoms with van der Waals surface area (Å²) >= 11 is 0. The average Bonchev–Trinajstić information content (AvgIpc) is 3.07. The van der Waals surface area contributed by atoms with E-state index in [0.29, 0.717) is 18.1 Å². The molecule has 9 heteroatoms. The van der Waals surface area contributed by atoms with Gasteiger partial charge in [-0.15, -0.1) is 0 Å². The molecule has 1 fully saturated rings. The molecule has 1 amide bonds. The average molecular weight is 389 g/mol. The van der Waals surface area contributed by atoms with Gasteiger partial charge in [0.2, 0.25) is 0 Å². The van der Waals surface area contributed by atoms with Gasteiger partial charge in [0.15, 0.2) is 11.5 Å². The van der Waals surface area contributed by atoms with Gasteiger partial charge >= 0.3 is 12.1 Å². The van der Waals surface area contributed by atoms with Crippen LogP contribution in [0.25, 0.3) is 0 Å². The lowest BCUT2D eigenvalue weighted by molar-refractivity contribution is -0.187. The van der Waals surface area contributed by atoms with Crippen molar-refractivity contribution in [3.8, 4) is 11.5 Å². The van der Waals surface area contributed by atoms with Crippen LogP contribution in [-0.4, -0.2) is 54.9 Å². The summed E-state index contributed by atoms with van der Waals surface area (Å²) in [6, 6.07) is 4.34. The Bertz CT molecular complexity index is 692. The highest BCUT2D eigenvalue weighted by Crippen LogP contribution is 2.38. The predicted molar refractivity (Wildman–Crippen MR) is 90.0 cm³/mol. The monoisotopic (exact) mass is 389 g/mol. The predicted octanol–water partition coefficient (Wildman–Crippen LogP) is 3.21. The molecule has 27 heavy (non-hydrogen) atoms. The van der Waals surface area contributed by atoms with Gasteiger partial charge in [-0.05, 0) is 24.6 Å². The molecule has 1 saturated heterocycles. The molecule has 0 saturated carbocycles. The Balaban J connectivity index is 2.18. The maximum absolute atomic E-state index is 13.1. The highest BCUT2D eigenvalue weighted by molar-refractivity contribution is 5.95. The summed E-state index contributed by atoms with van der Waals surface area (Å²) in [5, 5.41) is 9.06. The van der Waals surface area contributed by atoms with Crippen molar-refractivity contribution in [2.45, 2.75) is 25.9 Å². The number of carboxylic acids is 1. The maximum Gasteiger partial charge on any atom is 0.394 e. The lowest BCUT2D eigenvalue weighted by Gasteiger charge is -2.19. The van der Waals surface area contributed by atoms with Crippen LogP contribution in [0.3, 0.4) is 0 Å². The van der Waals surface area contributed by atoms with Gasteiger partial charge in [-0.25, -0.2) is 0 Å². The molecule has 1 heterocycles. The third kappa shape index (κ3) is 4.84. The molecule has 2 rings (SSSR count). The zero-order valence-corrected chi connectivity index (χ0v) is 15.1. The third-order valence-electron chi connectivity index (χ3n) is 4.51. The minimum absolute atomic E-state index is 0.113. The second-order valence-electron chi connectivity index (χ2n) is 6.37. The van der Waals surface area contributed by atoms with E-state index in [2.05, 4.69) is 0 Å². The van der Waals surface area contributed by atoms with Crippen molar-refractivity contribution in [1.29, 1.82) is 0 Å². The fourth-order valence-corrected chi connectivity index (χ4v) is 2.98. The summed E-state index contributed by atoms with van der Waals surface area (Å²) in [6.45, 7) is 1.31. The van der Waals surface area contributed by atoms with Crippen molar-refractivity contribution in [3.05, 3.63) is 23.8 Å². The Kier molecular flexibility index (Phi) is 6.56. The topological polar surface area (TPSA) is 76.1 Å². The molecule has 1 aliphatic heterocycles. The van der Waals surface area contributed by atoms with Crippen LogP contribution in [0.4, 0.5) is 13.2 Å². The molecule has 1 N–H and O–H groups in total. The smallest absolute Gasteiger partial charge is 0.394 e. The summed E-state index contributed by atoms with van der Waals surface area (Å²) in [6.07, 6.45) is -2.90. The molecule has 1 aromatic carbocycles. The van der Waals surface area contributed by atoms with Crippen molar-refractivity contribution in [2.75, 3.05) is 26.8 Å². The van der Waals surface area contributed by atoms with Crippen LogP contribution in [0.1, 0.15) is 30.1 Å². The molecule has 150 valence electrons. The van der Waals surface area contributed by atoms with Crippen molar-refractivity contribution in [1.82, 2.24) is 4.90 Å². The Hall–Kier alpha value is -2.45. The van der Waals surface area contributed by atoms with Gasteiger partial charge in [0.25, 0.3) is 5.91 Å². The first-order valence-electron chi connectivity index (χ1n) is 8.58. The third-order valence-corrected chi connectivity index (χ3v) is 4.51. The molecule has 0 bridgehead atoms. The number of ether oxygens (including phenoxy) is 2. The lowest BCUT2D eigenvalue weighted by atomic mass is 9.96. The van der Waals surface area contributed by atoms with Gasteiger partial charge in [-0.1, -0.05) is 13.3 Å². The minimum atomic E-state index is -4.69. The van der Waals surface area contributed by atoms with Crippen LogP contribution < -0.4 is 9.47 Å². The Morgan fingerprint density at radius 3 is 2.48 bits per heavy atom. The van der Waals surface area contributed by atoms with Gasteiger partial charge in [0.1, 0.15) is 0 Å². The number of alkyl halides is 3. The SMILES string of the molecule is CCCCOc1ccc(C(=O)N2C[C@@H](C(F)(F)F)[C@H](C(=O)O)C2)cc1OC. The number of hydrogen-bond acceptors (Lipinski definition) is 4. The number of carbonyl (C=O) groups is 2. The molecule has 0 aliphatic carbocycles. The lowest BCUT2D eigenvalue weighted by Crippen LogP contribution is -2.34. The number of likely N-dealkylation sites (tertiary alicyclic amines) is 1. The number of amides is 1. The van der Waals surface area contributed by atoms with Gasteiger partial charge in [0.05, 0.1) is 25.6 Å². The van der Waals surface area contributed by atoms with E-state index < -0.39 is 43.0 Å². The summed E-state index contributed by atoms with van der Waals surface area (Å²) < 4.78 is 50.0. The molecular formula is C18H22F3NO5. The van der Waals surface area contributed by atoms with E-state index in [1.54, 1.807) is 0 Å². The Morgan fingerprint density at radius 2 is 1.96 bits per heavy atom. The van der Waals surface area contributed by atoms with Crippen LogP contribution in [0.5, 0.6) is 11.5 Å². The van der Waals surface area contributed by atoms with Crippen LogP contribution in [0.2, 0.25) is 0 Å². The van der Waals surface area contributed by atoms with Gasteiger partial charge in [-0.3, -0.25) is 9.59 Å². The normalized spacial score (nSPS) is 19.8. The van der Waals surface area contributed by atoms with Crippen molar-refractivity contribution in [2.24, 2.45) is 11.8 Å². The minimum Gasteiger partial charge on any atom is -0.493 e. The number of nitrogens with zero attached hydrogens (tertiary/aromatic N) is 1. The molecule has 0 unspecified atom stereocenters. The molecule has 2 atom stereocenters. The van der Waals surface area contributed by atoms with Gasteiger partial charge in [0, 0.05) is 18.7 Å². The molecule has 0 aromatic heterocycles. The molecular weight excluding hydrogens is 367 g/mol. The fourth-order valence-electron chi connectivity index (χ4n) is 2.98. The number of unbranched alkanes of at least 4 members (excludes halogenated alkanes) is 1. The van der Waals surface area contributed by atoms with Crippen LogP contribution in [0, 0.1) is 11.8 Å². The first-order chi connectivity index (χ1) is 12.7. The number of methoxy groups -OCH3 is 1. The van der Waals surface area contributed by atoms with E-state index in [0.717, 1.165) is 17.7 Å². The van der Waals surface area contributed by atoms with E-state index in [9.17, 15) is 22.8 Å². The van der Waals surface area contributed by atoms with Gasteiger partial charge < -0.3 is 19.5 Å². The molecule has 0 radical (unpaired) electrons. The highest BCUT2D eigenvalue weighted by Gasteiger charge is 2.53. The maximum atomic E-state index is 13.1. The Labute approximate surface area is 154 Å². The number of aliphatic carboxylic acids is 1. The zero-order valence-electron chi connectivity index (χ0n) is 15.1. The zero-order chi connectivity index (χ0) is 20.2. The van der Waals surface area contributed by atoms with Gasteiger partial charge in [-0.2, -0.15) is 13.2 Å². The van der Waals surface area contributed by atoms with E-state index in [-0.39, 0.29) is 5.56 Å². The van der Waals surface area contributed by atoms with E-state index in [1.807, 2.05) is 6.92 Å². The fraction of sp³-hybridized carbons (Fsp3) is 0.556. The summed E-state index contributed by atoms with van der Waals surface area (Å²) in [4.78, 5) is 24.7. The van der Waals surface area contributed by atoms with Crippen molar-refractivity contribution >= 4 is 11.9 Å². The molecule has 1 aliphatic rings. The molecule has 1 aromatic rings. The standard InChI is InChI=1S/C18H22F3NO5/c1-3-4-7-27-14-6-5-11(8-15(14)26-2)16(23)22-9-12(17(24)25)13(10-22)18(19,20)21/h5-6,8,12-13H,3-4,7,9-10H2,1-2H3,(H,24,25)/t12-,13-/m1/s1. The van der Waals surface area contributed by atoms with E-state index in [4.69, 9.17) is 14.6 Å². The summed E-state index contributed by atoms with van der Waals surface area (Å²) in [7, 11) is 1.40. The molecule has 0 spiro atoms. The first-order valence-corrected chi connectivity index (χ1v) is 8.58. The van der Waals surface area contributed by atoms with E-state index >= 15 is 0 Å². The summed E-state index contributed by atoms with van der Waals surface area (Å²) in [5.74, 6) is -5.28. The second kappa shape index (κ2) is 8.49. The number of benzene rings is 1. The quantitative estimate of drug-likeness (QED) is 0.725. The number of carbonyl (C=O) groups excluding carboxylic acids is 1. The van der Waals surface area contributed by atoms with Crippen LogP contribution in [-0.2, 0) is 4.79 Å². The molecule has 6 nitrogen and oxygen atoms in total. The Morgan fingerprint density at radius 1 is 1.26 bits per heavy atom. The number of carboxylic acid groups (broad SMARTS) is 1. The van der Waals surface area contributed by atoms with Crippen LogP contribution in [0.15, 0.2) is 18.2 Å². The van der Waals surface area contributed by atoms with E-state index in [1.165, 1.54) is 25.3 Å². The summed E-state index contributed by atoms with van der Waals surface area (Å²) in [5.41, 5.74) is 0.113. The first kappa shape index (κ1) is 20.9. The van der Waals surface area contributed by atoms with Crippen molar-refractivity contribution in [3.63, 3.8) is 0 Å². The number of halogens is 3. The second-order valence-corrected chi connectivity index (χ2v) is 6.37. The van der Waals surface area contributed by atoms with Crippen molar-refractivity contribution < 1.29 is 37.3 Å². The van der Waals surface area contributed by atoms with Crippen LogP contribution >= 0.6 is 0 Å². The largest absolute Gasteiger partial charge is 0.493 e. The highest BCUT2D eigenvalue weighted by atomic mass is 19.4. The number of hydrogen-bond donors (Lipinski definition) is 1.